The fourth-order valence-corrected chi connectivity index (χ4v) is 4.20. The van der Waals surface area contributed by atoms with E-state index in [1.807, 2.05) is 19.1 Å². The van der Waals surface area contributed by atoms with E-state index >= 15 is 0 Å². The zero-order valence-corrected chi connectivity index (χ0v) is 16.6. The van der Waals surface area contributed by atoms with E-state index in [1.54, 1.807) is 20.0 Å². The third kappa shape index (κ3) is 4.41. The largest absolute Gasteiger partial charge is 0.346 e. The zero-order chi connectivity index (χ0) is 19.3. The minimum atomic E-state index is -3.67. The van der Waals surface area contributed by atoms with Gasteiger partial charge in [0.1, 0.15) is 0 Å². The molecule has 8 heteroatoms. The highest BCUT2D eigenvalue weighted by Gasteiger charge is 2.23. The topological polar surface area (TPSA) is 79.4 Å². The average Bonchev–Trinajstić information content (AvgIpc) is 2.61. The third-order valence-electron chi connectivity index (χ3n) is 4.06. The Morgan fingerprint density at radius 2 is 1.92 bits per heavy atom. The summed E-state index contributed by atoms with van der Waals surface area (Å²) in [4.78, 5) is 16.8. The van der Waals surface area contributed by atoms with E-state index in [1.165, 1.54) is 22.5 Å². The van der Waals surface area contributed by atoms with Gasteiger partial charge in [-0.1, -0.05) is 31.5 Å². The first-order valence-corrected chi connectivity index (χ1v) is 10.1. The van der Waals surface area contributed by atoms with Crippen LogP contribution in [-0.2, 0) is 16.6 Å². The molecule has 0 radical (unpaired) electrons. The van der Waals surface area contributed by atoms with Gasteiger partial charge in [0, 0.05) is 19.3 Å². The van der Waals surface area contributed by atoms with Gasteiger partial charge in [-0.3, -0.25) is 9.78 Å². The van der Waals surface area contributed by atoms with Gasteiger partial charge in [0.2, 0.25) is 10.0 Å². The minimum absolute atomic E-state index is 0.0461. The van der Waals surface area contributed by atoms with E-state index in [4.69, 9.17) is 11.6 Å². The Bertz CT molecular complexity index is 896. The molecule has 1 aromatic heterocycles. The van der Waals surface area contributed by atoms with Crippen LogP contribution in [0.1, 0.15) is 35.5 Å². The number of amides is 1. The molecule has 26 heavy (non-hydrogen) atoms. The number of nitrogens with one attached hydrogen (secondary N) is 1. The Kier molecular flexibility index (Phi) is 6.75. The molecule has 0 aliphatic carbocycles. The van der Waals surface area contributed by atoms with Crippen molar-refractivity contribution in [1.29, 1.82) is 0 Å². The van der Waals surface area contributed by atoms with E-state index in [-0.39, 0.29) is 22.0 Å². The highest BCUT2D eigenvalue weighted by atomic mass is 35.5. The lowest BCUT2D eigenvalue weighted by Gasteiger charge is -2.19. The van der Waals surface area contributed by atoms with Crippen LogP contribution in [0.4, 0.5) is 0 Å². The highest BCUT2D eigenvalue weighted by Crippen LogP contribution is 2.23. The number of pyridine rings is 1. The first kappa shape index (κ1) is 20.4. The summed E-state index contributed by atoms with van der Waals surface area (Å²) in [5.41, 5.74) is 1.81. The van der Waals surface area contributed by atoms with Gasteiger partial charge in [-0.15, -0.1) is 0 Å². The molecule has 1 amide bonds. The van der Waals surface area contributed by atoms with Crippen molar-refractivity contribution in [1.82, 2.24) is 14.6 Å². The van der Waals surface area contributed by atoms with E-state index in [2.05, 4.69) is 10.3 Å². The number of aromatic nitrogens is 1. The first-order chi connectivity index (χ1) is 12.3. The molecule has 140 valence electrons. The second-order valence-corrected chi connectivity index (χ2v) is 8.03. The molecule has 0 saturated heterocycles. The van der Waals surface area contributed by atoms with Crippen LogP contribution in [0.3, 0.4) is 0 Å². The smallest absolute Gasteiger partial charge is 0.253 e. The Labute approximate surface area is 159 Å². The number of nitrogens with zero attached hydrogens (tertiary/aromatic N) is 2. The summed E-state index contributed by atoms with van der Waals surface area (Å²) in [6.07, 6.45) is 1.65. The van der Waals surface area contributed by atoms with Crippen LogP contribution in [0.15, 0.2) is 41.4 Å². The van der Waals surface area contributed by atoms with Crippen LogP contribution < -0.4 is 5.32 Å². The number of hydrogen-bond donors (Lipinski definition) is 1. The van der Waals surface area contributed by atoms with Crippen LogP contribution >= 0.6 is 11.6 Å². The molecule has 0 aliphatic heterocycles. The zero-order valence-electron chi connectivity index (χ0n) is 15.0. The third-order valence-corrected chi connectivity index (χ3v) is 6.44. The van der Waals surface area contributed by atoms with Crippen molar-refractivity contribution in [3.05, 3.63) is 58.4 Å². The van der Waals surface area contributed by atoms with E-state index in [0.717, 1.165) is 11.3 Å². The number of halogens is 1. The van der Waals surface area contributed by atoms with Crippen molar-refractivity contribution in [2.75, 3.05) is 13.1 Å². The molecular formula is C18H22ClN3O3S. The highest BCUT2D eigenvalue weighted by molar-refractivity contribution is 7.89. The summed E-state index contributed by atoms with van der Waals surface area (Å²) < 4.78 is 26.6. The maximum absolute atomic E-state index is 12.6. The minimum Gasteiger partial charge on any atom is -0.346 e. The van der Waals surface area contributed by atoms with Gasteiger partial charge in [-0.05, 0) is 36.8 Å². The maximum Gasteiger partial charge on any atom is 0.253 e. The van der Waals surface area contributed by atoms with E-state index in [0.29, 0.717) is 13.1 Å². The second-order valence-electron chi connectivity index (χ2n) is 5.68. The van der Waals surface area contributed by atoms with Crippen LogP contribution in [0.2, 0.25) is 5.02 Å². The summed E-state index contributed by atoms with van der Waals surface area (Å²) in [5, 5.41) is 2.93. The van der Waals surface area contributed by atoms with Crippen molar-refractivity contribution >= 4 is 27.5 Å². The van der Waals surface area contributed by atoms with Gasteiger partial charge in [-0.2, -0.15) is 4.31 Å². The summed E-state index contributed by atoms with van der Waals surface area (Å²) in [5.74, 6) is -0.448. The average molecular weight is 396 g/mol. The molecular weight excluding hydrogens is 374 g/mol. The van der Waals surface area contributed by atoms with Gasteiger partial charge in [0.15, 0.2) is 0 Å². The first-order valence-electron chi connectivity index (χ1n) is 8.29. The maximum atomic E-state index is 12.6. The SMILES string of the molecule is CCN(CC)S(=O)(=O)c1ccc(Cl)c(C(=O)NCc2ncccc2C)c1. The monoisotopic (exact) mass is 395 g/mol. The summed E-state index contributed by atoms with van der Waals surface area (Å²) in [7, 11) is -3.67. The van der Waals surface area contributed by atoms with Gasteiger partial charge in [-0.25, -0.2) is 8.42 Å². The summed E-state index contributed by atoms with van der Waals surface area (Å²) >= 11 is 6.12. The fraction of sp³-hybridized carbons (Fsp3) is 0.333. The van der Waals surface area contributed by atoms with Gasteiger partial charge >= 0.3 is 0 Å². The van der Waals surface area contributed by atoms with E-state index in [9.17, 15) is 13.2 Å². The lowest BCUT2D eigenvalue weighted by Crippen LogP contribution is -2.31. The van der Waals surface area contributed by atoms with Crippen LogP contribution in [0, 0.1) is 6.92 Å². The molecule has 1 N–H and O–H groups in total. The standard InChI is InChI=1S/C18H22ClN3O3S/c1-4-22(5-2)26(24,25)14-8-9-16(19)15(11-14)18(23)21-12-17-13(3)7-6-10-20-17/h6-11H,4-5,12H2,1-3H3,(H,21,23). The lowest BCUT2D eigenvalue weighted by molar-refractivity contribution is 0.0950. The number of rotatable bonds is 7. The normalized spacial score (nSPS) is 11.6. The predicted octanol–water partition coefficient (Wildman–Crippen LogP) is 3.00. The molecule has 0 unspecified atom stereocenters. The molecule has 6 nitrogen and oxygen atoms in total. The van der Waals surface area contributed by atoms with Gasteiger partial charge in [0.05, 0.1) is 27.7 Å². The Hall–Kier alpha value is -1.96. The molecule has 2 aromatic rings. The summed E-state index contributed by atoms with van der Waals surface area (Å²) in [6, 6.07) is 7.88. The molecule has 2 rings (SSSR count). The van der Waals surface area contributed by atoms with Crippen LogP contribution in [0.5, 0.6) is 0 Å². The summed E-state index contributed by atoms with van der Waals surface area (Å²) in [6.45, 7) is 6.36. The van der Waals surface area contributed by atoms with Crippen molar-refractivity contribution < 1.29 is 13.2 Å². The van der Waals surface area contributed by atoms with Crippen molar-refractivity contribution in [2.45, 2.75) is 32.2 Å². The Morgan fingerprint density at radius 3 is 2.54 bits per heavy atom. The Balaban J connectivity index is 2.26. The van der Waals surface area contributed by atoms with E-state index < -0.39 is 15.9 Å². The predicted molar refractivity (Wildman–Crippen MR) is 102 cm³/mol. The molecule has 0 saturated carbocycles. The molecule has 0 spiro atoms. The van der Waals surface area contributed by atoms with Crippen molar-refractivity contribution in [3.8, 4) is 0 Å². The number of aryl methyl sites for hydroxylation is 1. The van der Waals surface area contributed by atoms with Gasteiger partial charge in [0.25, 0.3) is 5.91 Å². The molecule has 1 aromatic carbocycles. The Morgan fingerprint density at radius 1 is 1.23 bits per heavy atom. The molecule has 0 aliphatic rings. The van der Waals surface area contributed by atoms with Crippen LogP contribution in [0.25, 0.3) is 0 Å². The number of sulfonamides is 1. The molecule has 0 fully saturated rings. The van der Waals surface area contributed by atoms with Crippen molar-refractivity contribution in [3.63, 3.8) is 0 Å². The number of carbonyl (C=O) groups is 1. The second kappa shape index (κ2) is 8.62. The number of benzene rings is 1. The number of hydrogen-bond acceptors (Lipinski definition) is 4. The molecule has 0 atom stereocenters. The molecule has 0 bridgehead atoms. The fourth-order valence-electron chi connectivity index (χ4n) is 2.51. The quantitative estimate of drug-likeness (QED) is 0.781. The van der Waals surface area contributed by atoms with Crippen LogP contribution in [-0.4, -0.2) is 36.7 Å². The number of carbonyl (C=O) groups excluding carboxylic acids is 1. The lowest BCUT2D eigenvalue weighted by atomic mass is 10.2. The molecule has 1 heterocycles. The van der Waals surface area contributed by atoms with Gasteiger partial charge < -0.3 is 5.32 Å². The van der Waals surface area contributed by atoms with Crippen molar-refractivity contribution in [2.24, 2.45) is 0 Å².